The number of aromatic nitrogens is 1. The van der Waals surface area contributed by atoms with Gasteiger partial charge in [-0.2, -0.15) is 0 Å². The standard InChI is InChI=1S/C17H19N3O2.2ClH/c21-17(12-14-2-1-9-19-14)20-13-3-5-15(6-4-13)22-16-7-10-18-11-8-16;;/h3-8,10-11,14,19H,1-2,9,12H2,(H,20,21);2*1H. The molecule has 7 heteroatoms. The van der Waals surface area contributed by atoms with Crippen LogP contribution in [0, 0.1) is 0 Å². The van der Waals surface area contributed by atoms with E-state index in [0.29, 0.717) is 12.5 Å². The minimum absolute atomic E-state index is 0. The summed E-state index contributed by atoms with van der Waals surface area (Å²) in [6.07, 6.45) is 6.11. The number of anilines is 1. The second-order valence-electron chi connectivity index (χ2n) is 5.35. The first-order valence-corrected chi connectivity index (χ1v) is 7.51. The Kier molecular flexibility index (Phi) is 8.54. The molecule has 2 aromatic rings. The van der Waals surface area contributed by atoms with Crippen LogP contribution >= 0.6 is 24.8 Å². The van der Waals surface area contributed by atoms with Gasteiger partial charge in [0.15, 0.2) is 0 Å². The van der Waals surface area contributed by atoms with E-state index in [9.17, 15) is 4.79 Å². The van der Waals surface area contributed by atoms with Crippen LogP contribution in [-0.2, 0) is 4.79 Å². The molecule has 0 radical (unpaired) electrons. The molecule has 24 heavy (non-hydrogen) atoms. The number of nitrogens with zero attached hydrogens (tertiary/aromatic N) is 1. The van der Waals surface area contributed by atoms with Gasteiger partial charge >= 0.3 is 0 Å². The molecule has 130 valence electrons. The lowest BCUT2D eigenvalue weighted by molar-refractivity contribution is -0.116. The Bertz CT molecular complexity index is 617. The molecule has 3 rings (SSSR count). The van der Waals surface area contributed by atoms with Crippen molar-refractivity contribution >= 4 is 36.4 Å². The van der Waals surface area contributed by atoms with E-state index in [0.717, 1.165) is 36.6 Å². The van der Waals surface area contributed by atoms with Crippen LogP contribution in [0.2, 0.25) is 0 Å². The Morgan fingerprint density at radius 2 is 1.79 bits per heavy atom. The predicted molar refractivity (Wildman–Crippen MR) is 99.5 cm³/mol. The number of nitrogens with one attached hydrogen (secondary N) is 2. The number of amides is 1. The second kappa shape index (κ2) is 10.1. The molecule has 2 heterocycles. The average Bonchev–Trinajstić information content (AvgIpc) is 3.03. The van der Waals surface area contributed by atoms with Gasteiger partial charge in [0.05, 0.1) is 0 Å². The molecule has 1 unspecified atom stereocenters. The van der Waals surface area contributed by atoms with Crippen LogP contribution in [-0.4, -0.2) is 23.5 Å². The molecule has 1 aromatic carbocycles. The van der Waals surface area contributed by atoms with E-state index >= 15 is 0 Å². The van der Waals surface area contributed by atoms with E-state index in [2.05, 4.69) is 15.6 Å². The van der Waals surface area contributed by atoms with Crippen molar-refractivity contribution in [3.05, 3.63) is 48.8 Å². The van der Waals surface area contributed by atoms with Gasteiger partial charge in [-0.1, -0.05) is 0 Å². The fourth-order valence-corrected chi connectivity index (χ4v) is 2.52. The van der Waals surface area contributed by atoms with E-state index in [4.69, 9.17) is 4.74 Å². The Morgan fingerprint density at radius 3 is 2.42 bits per heavy atom. The van der Waals surface area contributed by atoms with Crippen LogP contribution in [0.15, 0.2) is 48.8 Å². The molecule has 0 bridgehead atoms. The van der Waals surface area contributed by atoms with E-state index in [1.54, 1.807) is 24.5 Å². The van der Waals surface area contributed by atoms with Crippen LogP contribution in [0.4, 0.5) is 5.69 Å². The minimum atomic E-state index is 0. The number of carbonyl (C=O) groups is 1. The Hall–Kier alpha value is -1.82. The summed E-state index contributed by atoms with van der Waals surface area (Å²) in [5.74, 6) is 1.50. The lowest BCUT2D eigenvalue weighted by atomic mass is 10.1. The summed E-state index contributed by atoms with van der Waals surface area (Å²) in [6.45, 7) is 1.01. The zero-order chi connectivity index (χ0) is 15.2. The van der Waals surface area contributed by atoms with E-state index in [1.165, 1.54) is 0 Å². The fourth-order valence-electron chi connectivity index (χ4n) is 2.52. The number of halogens is 2. The number of benzene rings is 1. The van der Waals surface area contributed by atoms with Crippen molar-refractivity contribution in [2.45, 2.75) is 25.3 Å². The lowest BCUT2D eigenvalue weighted by Gasteiger charge is -2.11. The summed E-state index contributed by atoms with van der Waals surface area (Å²) in [5.41, 5.74) is 0.782. The molecular formula is C17H21Cl2N3O2. The number of hydrogen-bond donors (Lipinski definition) is 2. The minimum Gasteiger partial charge on any atom is -0.457 e. The maximum absolute atomic E-state index is 12.0. The number of rotatable bonds is 5. The Balaban J connectivity index is 0.00000144. The lowest BCUT2D eigenvalue weighted by Crippen LogP contribution is -2.27. The fraction of sp³-hybridized carbons (Fsp3) is 0.294. The maximum atomic E-state index is 12.0. The average molecular weight is 370 g/mol. The highest BCUT2D eigenvalue weighted by molar-refractivity contribution is 5.91. The summed E-state index contributed by atoms with van der Waals surface area (Å²) in [6, 6.07) is 11.3. The van der Waals surface area contributed by atoms with Gasteiger partial charge in [0.2, 0.25) is 5.91 Å². The van der Waals surface area contributed by atoms with Crippen LogP contribution in [0.5, 0.6) is 11.5 Å². The third-order valence-corrected chi connectivity index (χ3v) is 3.62. The van der Waals surface area contributed by atoms with Gasteiger partial charge in [-0.15, -0.1) is 24.8 Å². The Labute approximate surface area is 154 Å². The zero-order valence-electron chi connectivity index (χ0n) is 13.1. The maximum Gasteiger partial charge on any atom is 0.225 e. The monoisotopic (exact) mass is 369 g/mol. The SMILES string of the molecule is Cl.Cl.O=C(CC1CCCN1)Nc1ccc(Oc2ccncc2)cc1. The van der Waals surface area contributed by atoms with Crippen molar-refractivity contribution in [1.82, 2.24) is 10.3 Å². The van der Waals surface area contributed by atoms with Crippen LogP contribution in [0.25, 0.3) is 0 Å². The molecule has 1 aliphatic rings. The van der Waals surface area contributed by atoms with Crippen molar-refractivity contribution in [2.75, 3.05) is 11.9 Å². The molecule has 5 nitrogen and oxygen atoms in total. The largest absolute Gasteiger partial charge is 0.457 e. The van der Waals surface area contributed by atoms with Crippen molar-refractivity contribution in [3.8, 4) is 11.5 Å². The summed E-state index contributed by atoms with van der Waals surface area (Å²) in [7, 11) is 0. The van der Waals surface area contributed by atoms with Crippen LogP contribution in [0.1, 0.15) is 19.3 Å². The summed E-state index contributed by atoms with van der Waals surface area (Å²) < 4.78 is 5.68. The third kappa shape index (κ3) is 6.00. The summed E-state index contributed by atoms with van der Waals surface area (Å²) >= 11 is 0. The first-order chi connectivity index (χ1) is 10.8. The van der Waals surface area contributed by atoms with E-state index < -0.39 is 0 Å². The zero-order valence-corrected chi connectivity index (χ0v) is 14.7. The number of pyridine rings is 1. The number of ether oxygens (including phenoxy) is 1. The van der Waals surface area contributed by atoms with Crippen molar-refractivity contribution < 1.29 is 9.53 Å². The van der Waals surface area contributed by atoms with Gasteiger partial charge < -0.3 is 15.4 Å². The van der Waals surface area contributed by atoms with E-state index in [1.807, 2.05) is 24.3 Å². The van der Waals surface area contributed by atoms with Crippen molar-refractivity contribution in [1.29, 1.82) is 0 Å². The van der Waals surface area contributed by atoms with Crippen molar-refractivity contribution in [3.63, 3.8) is 0 Å². The van der Waals surface area contributed by atoms with Gasteiger partial charge in [-0.05, 0) is 55.8 Å². The van der Waals surface area contributed by atoms with Gasteiger partial charge in [-0.25, -0.2) is 0 Å². The number of hydrogen-bond acceptors (Lipinski definition) is 4. The molecule has 0 spiro atoms. The van der Waals surface area contributed by atoms with Crippen LogP contribution < -0.4 is 15.4 Å². The van der Waals surface area contributed by atoms with Gasteiger partial charge in [0, 0.05) is 30.5 Å². The molecule has 1 saturated heterocycles. The first-order valence-electron chi connectivity index (χ1n) is 7.51. The highest BCUT2D eigenvalue weighted by Crippen LogP contribution is 2.22. The summed E-state index contributed by atoms with van der Waals surface area (Å²) in [5, 5.41) is 6.24. The third-order valence-electron chi connectivity index (χ3n) is 3.62. The topological polar surface area (TPSA) is 63.2 Å². The highest BCUT2D eigenvalue weighted by atomic mass is 35.5. The van der Waals surface area contributed by atoms with Crippen LogP contribution in [0.3, 0.4) is 0 Å². The van der Waals surface area contributed by atoms with Gasteiger partial charge in [0.1, 0.15) is 11.5 Å². The molecular weight excluding hydrogens is 349 g/mol. The predicted octanol–water partition coefficient (Wildman–Crippen LogP) is 3.80. The molecule has 0 aliphatic carbocycles. The first kappa shape index (κ1) is 20.2. The quantitative estimate of drug-likeness (QED) is 0.841. The van der Waals surface area contributed by atoms with Crippen molar-refractivity contribution in [2.24, 2.45) is 0 Å². The molecule has 1 atom stereocenters. The Morgan fingerprint density at radius 1 is 1.12 bits per heavy atom. The molecule has 1 aromatic heterocycles. The molecule has 0 saturated carbocycles. The summed E-state index contributed by atoms with van der Waals surface area (Å²) in [4.78, 5) is 15.9. The van der Waals surface area contributed by atoms with E-state index in [-0.39, 0.29) is 30.7 Å². The smallest absolute Gasteiger partial charge is 0.225 e. The molecule has 1 aliphatic heterocycles. The van der Waals surface area contributed by atoms with Gasteiger partial charge in [-0.3, -0.25) is 9.78 Å². The molecule has 1 amide bonds. The second-order valence-corrected chi connectivity index (χ2v) is 5.35. The molecule has 1 fully saturated rings. The number of carbonyl (C=O) groups excluding carboxylic acids is 1. The highest BCUT2D eigenvalue weighted by Gasteiger charge is 2.17. The van der Waals surface area contributed by atoms with Gasteiger partial charge in [0.25, 0.3) is 0 Å². The molecule has 2 N–H and O–H groups in total. The normalized spacial score (nSPS) is 15.8.